The molecule has 144 valence electrons. The number of hydrogen-bond acceptors (Lipinski definition) is 8. The Morgan fingerprint density at radius 1 is 1.26 bits per heavy atom. The number of likely N-dealkylation sites (tertiary alicyclic amines) is 1. The summed E-state index contributed by atoms with van der Waals surface area (Å²) >= 11 is 0. The van der Waals surface area contributed by atoms with E-state index >= 15 is 0 Å². The Labute approximate surface area is 157 Å². The number of furan rings is 1. The Morgan fingerprint density at radius 3 is 2.89 bits per heavy atom. The van der Waals surface area contributed by atoms with Crippen LogP contribution >= 0.6 is 0 Å². The molecule has 9 heteroatoms. The molecule has 27 heavy (non-hydrogen) atoms. The van der Waals surface area contributed by atoms with E-state index < -0.39 is 0 Å². The van der Waals surface area contributed by atoms with Crippen LogP contribution in [0.1, 0.15) is 23.4 Å². The zero-order valence-corrected chi connectivity index (χ0v) is 15.1. The van der Waals surface area contributed by atoms with Gasteiger partial charge in [0.15, 0.2) is 5.76 Å². The molecule has 1 atom stereocenters. The fourth-order valence-corrected chi connectivity index (χ4v) is 3.53. The molecule has 1 unspecified atom stereocenters. The van der Waals surface area contributed by atoms with Gasteiger partial charge >= 0.3 is 0 Å². The van der Waals surface area contributed by atoms with Crippen LogP contribution in [0, 0.1) is 0 Å². The number of carbonyl (C=O) groups is 1. The predicted molar refractivity (Wildman–Crippen MR) is 101 cm³/mol. The van der Waals surface area contributed by atoms with Gasteiger partial charge in [0.1, 0.15) is 11.6 Å². The molecule has 9 nitrogen and oxygen atoms in total. The summed E-state index contributed by atoms with van der Waals surface area (Å²) in [6.07, 6.45) is 3.39. The molecule has 4 heterocycles. The molecule has 2 saturated heterocycles. The van der Waals surface area contributed by atoms with Crippen molar-refractivity contribution < 1.29 is 13.9 Å². The minimum absolute atomic E-state index is 0.0808. The van der Waals surface area contributed by atoms with Crippen molar-refractivity contribution in [2.75, 3.05) is 55.3 Å². The lowest BCUT2D eigenvalue weighted by molar-refractivity contribution is 0.0682. The highest BCUT2D eigenvalue weighted by Gasteiger charge is 2.26. The Morgan fingerprint density at radius 2 is 2.11 bits per heavy atom. The van der Waals surface area contributed by atoms with Gasteiger partial charge in [-0.1, -0.05) is 0 Å². The average molecular weight is 372 g/mol. The third-order valence-electron chi connectivity index (χ3n) is 4.86. The van der Waals surface area contributed by atoms with E-state index in [9.17, 15) is 4.79 Å². The van der Waals surface area contributed by atoms with E-state index in [1.807, 2.05) is 11.0 Å². The Kier molecular flexibility index (Phi) is 5.10. The summed E-state index contributed by atoms with van der Waals surface area (Å²) in [4.78, 5) is 25.1. The fraction of sp³-hybridized carbons (Fsp3) is 0.500. The lowest BCUT2D eigenvalue weighted by atomic mass is 10.1. The second-order valence-corrected chi connectivity index (χ2v) is 6.78. The standard InChI is InChI=1S/C18H24N6O3/c19-18-21-15(11-16(22-18)23-6-9-26-10-7-23)20-13-3-1-5-24(12-13)17(25)14-4-2-8-27-14/h2,4,8,11,13H,1,3,5-7,9-10,12H2,(H3,19,20,21,22). The number of carbonyl (C=O) groups excluding carboxylic acids is 1. The second-order valence-electron chi connectivity index (χ2n) is 6.78. The quantitative estimate of drug-likeness (QED) is 0.824. The smallest absolute Gasteiger partial charge is 0.289 e. The second kappa shape index (κ2) is 7.83. The first kappa shape index (κ1) is 17.6. The lowest BCUT2D eigenvalue weighted by Crippen LogP contribution is -2.45. The molecule has 0 bridgehead atoms. The number of morpholine rings is 1. The van der Waals surface area contributed by atoms with Crippen molar-refractivity contribution >= 4 is 23.5 Å². The maximum Gasteiger partial charge on any atom is 0.289 e. The minimum Gasteiger partial charge on any atom is -0.459 e. The van der Waals surface area contributed by atoms with Crippen LogP contribution in [0.5, 0.6) is 0 Å². The number of amides is 1. The van der Waals surface area contributed by atoms with Crippen molar-refractivity contribution in [3.8, 4) is 0 Å². The maximum atomic E-state index is 12.5. The van der Waals surface area contributed by atoms with E-state index in [0.717, 1.165) is 38.3 Å². The van der Waals surface area contributed by atoms with E-state index in [-0.39, 0.29) is 17.9 Å². The molecule has 4 rings (SSSR count). The van der Waals surface area contributed by atoms with Gasteiger partial charge in [0.2, 0.25) is 5.95 Å². The molecule has 3 N–H and O–H groups in total. The number of nitrogens with zero attached hydrogens (tertiary/aromatic N) is 4. The molecular weight excluding hydrogens is 348 g/mol. The number of anilines is 3. The molecule has 2 aliphatic rings. The van der Waals surface area contributed by atoms with Gasteiger partial charge in [-0.05, 0) is 25.0 Å². The topological polar surface area (TPSA) is 110 Å². The monoisotopic (exact) mass is 372 g/mol. The number of ether oxygens (including phenoxy) is 1. The Balaban J connectivity index is 1.43. The summed E-state index contributed by atoms with van der Waals surface area (Å²) in [5.74, 6) is 2.01. The summed E-state index contributed by atoms with van der Waals surface area (Å²) in [6.45, 7) is 4.24. The minimum atomic E-state index is -0.0808. The molecule has 0 aliphatic carbocycles. The van der Waals surface area contributed by atoms with Gasteiger partial charge in [-0.2, -0.15) is 9.97 Å². The van der Waals surface area contributed by atoms with E-state index in [1.165, 1.54) is 6.26 Å². The van der Waals surface area contributed by atoms with Gasteiger partial charge in [0.05, 0.1) is 19.5 Å². The van der Waals surface area contributed by atoms with E-state index in [1.54, 1.807) is 12.1 Å². The zero-order valence-electron chi connectivity index (χ0n) is 15.1. The van der Waals surface area contributed by atoms with Crippen LogP contribution in [0.3, 0.4) is 0 Å². The van der Waals surface area contributed by atoms with Crippen LogP contribution in [0.25, 0.3) is 0 Å². The van der Waals surface area contributed by atoms with Crippen molar-refractivity contribution in [3.63, 3.8) is 0 Å². The van der Waals surface area contributed by atoms with E-state index in [2.05, 4.69) is 20.2 Å². The first-order valence-electron chi connectivity index (χ1n) is 9.25. The van der Waals surface area contributed by atoms with Crippen molar-refractivity contribution in [2.45, 2.75) is 18.9 Å². The number of nitrogens with two attached hydrogens (primary N) is 1. The van der Waals surface area contributed by atoms with Gasteiger partial charge in [-0.25, -0.2) is 0 Å². The largest absolute Gasteiger partial charge is 0.459 e. The molecular formula is C18H24N6O3. The van der Waals surface area contributed by atoms with Gasteiger partial charge in [0, 0.05) is 38.3 Å². The third-order valence-corrected chi connectivity index (χ3v) is 4.86. The molecule has 0 saturated carbocycles. The van der Waals surface area contributed by atoms with Crippen LogP contribution in [0.15, 0.2) is 28.9 Å². The van der Waals surface area contributed by atoms with Crippen LogP contribution < -0.4 is 16.0 Å². The van der Waals surface area contributed by atoms with Crippen LogP contribution in [-0.2, 0) is 4.74 Å². The number of hydrogen-bond donors (Lipinski definition) is 2. The lowest BCUT2D eigenvalue weighted by Gasteiger charge is -2.33. The van der Waals surface area contributed by atoms with Crippen molar-refractivity contribution in [3.05, 3.63) is 30.2 Å². The van der Waals surface area contributed by atoms with Crippen molar-refractivity contribution in [1.82, 2.24) is 14.9 Å². The molecule has 0 radical (unpaired) electrons. The molecule has 0 aromatic carbocycles. The maximum absolute atomic E-state index is 12.5. The molecule has 2 aromatic heterocycles. The summed E-state index contributed by atoms with van der Waals surface area (Å²) in [5.41, 5.74) is 5.91. The molecule has 2 fully saturated rings. The zero-order chi connectivity index (χ0) is 18.6. The SMILES string of the molecule is Nc1nc(NC2CCCN(C(=O)c3ccco3)C2)cc(N2CCOCC2)n1. The first-order valence-corrected chi connectivity index (χ1v) is 9.25. The highest BCUT2D eigenvalue weighted by Crippen LogP contribution is 2.21. The normalized spacial score (nSPS) is 20.5. The highest BCUT2D eigenvalue weighted by molar-refractivity contribution is 5.91. The number of nitrogen functional groups attached to an aromatic ring is 1. The van der Waals surface area contributed by atoms with Crippen LogP contribution in [0.2, 0.25) is 0 Å². The Bertz CT molecular complexity index is 775. The Hall–Kier alpha value is -2.81. The third kappa shape index (κ3) is 4.13. The van der Waals surface area contributed by atoms with Gasteiger partial charge in [-0.3, -0.25) is 4.79 Å². The van der Waals surface area contributed by atoms with Gasteiger partial charge in [0.25, 0.3) is 5.91 Å². The number of rotatable bonds is 4. The molecule has 2 aliphatic heterocycles. The van der Waals surface area contributed by atoms with Crippen LogP contribution in [0.4, 0.5) is 17.6 Å². The van der Waals surface area contributed by atoms with Gasteiger partial charge in [-0.15, -0.1) is 0 Å². The fourth-order valence-electron chi connectivity index (χ4n) is 3.53. The van der Waals surface area contributed by atoms with E-state index in [0.29, 0.717) is 31.3 Å². The summed E-state index contributed by atoms with van der Waals surface area (Å²) in [5, 5.41) is 3.42. The predicted octanol–water partition coefficient (Wildman–Crippen LogP) is 1.21. The van der Waals surface area contributed by atoms with Gasteiger partial charge < -0.3 is 30.0 Å². The molecule has 2 aromatic rings. The number of nitrogens with one attached hydrogen (secondary N) is 1. The number of piperidine rings is 1. The summed E-state index contributed by atoms with van der Waals surface area (Å²) in [7, 11) is 0. The average Bonchev–Trinajstić information content (AvgIpc) is 3.23. The van der Waals surface area contributed by atoms with Crippen molar-refractivity contribution in [1.29, 1.82) is 0 Å². The number of aromatic nitrogens is 2. The first-order chi connectivity index (χ1) is 13.2. The van der Waals surface area contributed by atoms with Crippen molar-refractivity contribution in [2.24, 2.45) is 0 Å². The van der Waals surface area contributed by atoms with E-state index in [4.69, 9.17) is 14.9 Å². The van der Waals surface area contributed by atoms with Crippen LogP contribution in [-0.4, -0.2) is 66.2 Å². The molecule has 1 amide bonds. The highest BCUT2D eigenvalue weighted by atomic mass is 16.5. The summed E-state index contributed by atoms with van der Waals surface area (Å²) < 4.78 is 10.6. The molecule has 0 spiro atoms. The summed E-state index contributed by atoms with van der Waals surface area (Å²) in [6, 6.07) is 5.43.